The van der Waals surface area contributed by atoms with Crippen molar-refractivity contribution in [2.45, 2.75) is 12.8 Å². The topological polar surface area (TPSA) is 73.9 Å². The lowest BCUT2D eigenvalue weighted by Gasteiger charge is -2.08. The minimum Gasteiger partial charge on any atom is -0.476 e. The molecule has 2 aromatic rings. The van der Waals surface area contributed by atoms with Gasteiger partial charge in [0, 0.05) is 12.4 Å². The van der Waals surface area contributed by atoms with Crippen molar-refractivity contribution in [1.82, 2.24) is 15.2 Å². The summed E-state index contributed by atoms with van der Waals surface area (Å²) in [6.45, 7) is 0.538. The van der Waals surface area contributed by atoms with E-state index in [2.05, 4.69) is 15.2 Å². The number of rotatable bonds is 6. The van der Waals surface area contributed by atoms with Gasteiger partial charge in [0.05, 0.1) is 18.4 Å². The highest BCUT2D eigenvalue weighted by molar-refractivity contribution is 7.80. The Labute approximate surface area is 116 Å². The highest BCUT2D eigenvalue weighted by Crippen LogP contribution is 2.13. The van der Waals surface area contributed by atoms with Crippen molar-refractivity contribution in [3.05, 3.63) is 47.9 Å². The first-order valence-corrected chi connectivity index (χ1v) is 6.31. The number of hydrogen-bond acceptors (Lipinski definition) is 5. The summed E-state index contributed by atoms with van der Waals surface area (Å²) in [4.78, 5) is 4.24. The lowest BCUT2D eigenvalue weighted by molar-refractivity contribution is 0.295. The zero-order chi connectivity index (χ0) is 13.5. The van der Waals surface area contributed by atoms with Gasteiger partial charge in [-0.05, 0) is 36.6 Å². The van der Waals surface area contributed by atoms with Crippen LogP contribution in [0.4, 0.5) is 0 Å². The van der Waals surface area contributed by atoms with Gasteiger partial charge < -0.3 is 10.5 Å². The molecule has 98 valence electrons. The summed E-state index contributed by atoms with van der Waals surface area (Å²) in [5, 5.41) is 7.66. The summed E-state index contributed by atoms with van der Waals surface area (Å²) in [5.41, 5.74) is 7.43. The Balaban J connectivity index is 1.85. The fourth-order valence-electron chi connectivity index (χ4n) is 1.61. The normalized spacial score (nSPS) is 10.1. The molecule has 0 spiro atoms. The Bertz CT molecular complexity index is 547. The van der Waals surface area contributed by atoms with Crippen LogP contribution >= 0.6 is 12.2 Å². The molecule has 0 bridgehead atoms. The molecule has 0 fully saturated rings. The molecule has 0 saturated carbocycles. The van der Waals surface area contributed by atoms with Crippen LogP contribution in [0.3, 0.4) is 0 Å². The van der Waals surface area contributed by atoms with E-state index in [1.165, 1.54) is 5.56 Å². The smallest absolute Gasteiger partial charge is 0.243 e. The lowest BCUT2D eigenvalue weighted by Crippen LogP contribution is -2.13. The first-order chi connectivity index (χ1) is 9.27. The van der Waals surface area contributed by atoms with E-state index in [1.54, 1.807) is 24.7 Å². The van der Waals surface area contributed by atoms with E-state index < -0.39 is 0 Å². The fourth-order valence-corrected chi connectivity index (χ4v) is 1.76. The predicted molar refractivity (Wildman–Crippen MR) is 76.0 cm³/mol. The van der Waals surface area contributed by atoms with Gasteiger partial charge in [0.2, 0.25) is 5.88 Å². The van der Waals surface area contributed by atoms with Crippen LogP contribution < -0.4 is 10.5 Å². The highest BCUT2D eigenvalue weighted by Gasteiger charge is 2.07. The number of aryl methyl sites for hydroxylation is 1. The number of hydrogen-bond donors (Lipinski definition) is 1. The van der Waals surface area contributed by atoms with E-state index >= 15 is 0 Å². The van der Waals surface area contributed by atoms with Crippen molar-refractivity contribution in [3.8, 4) is 5.88 Å². The Hall–Kier alpha value is -2.08. The van der Waals surface area contributed by atoms with Crippen molar-refractivity contribution in [2.75, 3.05) is 6.61 Å². The second-order valence-corrected chi connectivity index (χ2v) is 4.36. The van der Waals surface area contributed by atoms with Crippen molar-refractivity contribution in [1.29, 1.82) is 0 Å². The van der Waals surface area contributed by atoms with Crippen LogP contribution in [0.5, 0.6) is 5.88 Å². The van der Waals surface area contributed by atoms with E-state index in [-0.39, 0.29) is 4.99 Å². The third-order valence-electron chi connectivity index (χ3n) is 2.55. The first-order valence-electron chi connectivity index (χ1n) is 5.90. The molecule has 0 radical (unpaired) electrons. The molecular formula is C13H14N4OS. The maximum atomic E-state index is 5.59. The van der Waals surface area contributed by atoms with Gasteiger partial charge in [-0.1, -0.05) is 12.2 Å². The third-order valence-corrected chi connectivity index (χ3v) is 2.77. The molecule has 0 aliphatic rings. The van der Waals surface area contributed by atoms with Crippen molar-refractivity contribution >= 4 is 17.2 Å². The molecule has 2 N–H and O–H groups in total. The minimum absolute atomic E-state index is 0.263. The van der Waals surface area contributed by atoms with Gasteiger partial charge in [-0.2, -0.15) is 5.10 Å². The van der Waals surface area contributed by atoms with E-state index in [4.69, 9.17) is 22.7 Å². The zero-order valence-electron chi connectivity index (χ0n) is 10.3. The molecule has 19 heavy (non-hydrogen) atoms. The van der Waals surface area contributed by atoms with Crippen LogP contribution in [0, 0.1) is 0 Å². The maximum absolute atomic E-state index is 5.59. The number of nitrogens with two attached hydrogens (primary N) is 1. The molecule has 0 unspecified atom stereocenters. The van der Waals surface area contributed by atoms with Gasteiger partial charge in [-0.3, -0.25) is 4.98 Å². The molecule has 0 atom stereocenters. The second kappa shape index (κ2) is 6.75. The molecule has 0 aliphatic heterocycles. The summed E-state index contributed by atoms with van der Waals surface area (Å²) in [6, 6.07) is 5.68. The molecule has 2 rings (SSSR count). The van der Waals surface area contributed by atoms with Crippen LogP contribution in [0.2, 0.25) is 0 Å². The van der Waals surface area contributed by atoms with Crippen LogP contribution in [0.25, 0.3) is 0 Å². The number of thiocarbonyl (C=S) groups is 1. The van der Waals surface area contributed by atoms with Gasteiger partial charge in [0.1, 0.15) is 4.99 Å². The van der Waals surface area contributed by atoms with E-state index in [0.717, 1.165) is 12.8 Å². The quantitative estimate of drug-likeness (QED) is 0.636. The van der Waals surface area contributed by atoms with E-state index in [0.29, 0.717) is 18.1 Å². The van der Waals surface area contributed by atoms with E-state index in [9.17, 15) is 0 Å². The summed E-state index contributed by atoms with van der Waals surface area (Å²) in [5.74, 6) is 0.393. The van der Waals surface area contributed by atoms with Gasteiger partial charge in [0.25, 0.3) is 0 Å². The van der Waals surface area contributed by atoms with Crippen molar-refractivity contribution in [2.24, 2.45) is 5.73 Å². The number of aromatic nitrogens is 3. The zero-order valence-corrected chi connectivity index (χ0v) is 11.1. The number of ether oxygens (including phenoxy) is 1. The van der Waals surface area contributed by atoms with Crippen LogP contribution in [0.1, 0.15) is 17.5 Å². The molecular weight excluding hydrogens is 260 g/mol. The number of nitrogens with zero attached hydrogens (tertiary/aromatic N) is 3. The fraction of sp³-hybridized carbons (Fsp3) is 0.231. The van der Waals surface area contributed by atoms with Gasteiger partial charge >= 0.3 is 0 Å². The van der Waals surface area contributed by atoms with Crippen molar-refractivity contribution in [3.63, 3.8) is 0 Å². The maximum Gasteiger partial charge on any atom is 0.243 e. The second-order valence-electron chi connectivity index (χ2n) is 3.92. The molecule has 0 aromatic carbocycles. The Morgan fingerprint density at radius 2 is 2.00 bits per heavy atom. The summed E-state index contributed by atoms with van der Waals surface area (Å²) in [7, 11) is 0. The van der Waals surface area contributed by atoms with Crippen LogP contribution in [0.15, 0.2) is 36.8 Å². The highest BCUT2D eigenvalue weighted by atomic mass is 32.1. The number of pyridine rings is 1. The van der Waals surface area contributed by atoms with Gasteiger partial charge in [-0.25, -0.2) is 0 Å². The predicted octanol–water partition coefficient (Wildman–Crippen LogP) is 1.52. The molecule has 2 aromatic heterocycles. The monoisotopic (exact) mass is 274 g/mol. The summed E-state index contributed by atoms with van der Waals surface area (Å²) >= 11 is 4.93. The lowest BCUT2D eigenvalue weighted by atomic mass is 10.1. The minimum atomic E-state index is 0.263. The summed E-state index contributed by atoms with van der Waals surface area (Å²) < 4.78 is 5.56. The Morgan fingerprint density at radius 1 is 1.21 bits per heavy atom. The molecule has 0 saturated heterocycles. The molecule has 0 amide bonds. The van der Waals surface area contributed by atoms with Gasteiger partial charge in [0.15, 0.2) is 0 Å². The third kappa shape index (κ3) is 3.96. The Morgan fingerprint density at radius 3 is 2.74 bits per heavy atom. The SMILES string of the molecule is NC(=S)c1ccnnc1OCCCc1ccncc1. The molecule has 6 heteroatoms. The Kier molecular flexibility index (Phi) is 4.74. The average Bonchev–Trinajstić information content (AvgIpc) is 2.45. The standard InChI is InChI=1S/C13H14N4OS/c14-12(19)11-5-8-16-17-13(11)18-9-1-2-10-3-6-15-7-4-10/h3-8H,1-2,9H2,(H2,14,19). The summed E-state index contributed by atoms with van der Waals surface area (Å²) in [6.07, 6.45) is 6.90. The first kappa shape index (κ1) is 13.4. The molecule has 5 nitrogen and oxygen atoms in total. The van der Waals surface area contributed by atoms with Crippen LogP contribution in [-0.2, 0) is 6.42 Å². The van der Waals surface area contributed by atoms with Crippen LogP contribution in [-0.4, -0.2) is 26.8 Å². The molecule has 2 heterocycles. The largest absolute Gasteiger partial charge is 0.476 e. The van der Waals surface area contributed by atoms with E-state index in [1.807, 2.05) is 12.1 Å². The average molecular weight is 274 g/mol. The van der Waals surface area contributed by atoms with Crippen molar-refractivity contribution < 1.29 is 4.74 Å². The van der Waals surface area contributed by atoms with Gasteiger partial charge in [-0.15, -0.1) is 5.10 Å². The molecule has 0 aliphatic carbocycles.